The van der Waals surface area contributed by atoms with E-state index >= 15 is 0 Å². The summed E-state index contributed by atoms with van der Waals surface area (Å²) in [5.41, 5.74) is 2.82. The summed E-state index contributed by atoms with van der Waals surface area (Å²) >= 11 is 0. The molecule has 0 spiro atoms. The van der Waals surface area contributed by atoms with Gasteiger partial charge in [-0.05, 0) is 37.3 Å². The molecule has 0 unspecified atom stereocenters. The lowest BCUT2D eigenvalue weighted by molar-refractivity contribution is 0.0956. The average molecular weight is 465 g/mol. The highest BCUT2D eigenvalue weighted by Crippen LogP contribution is 2.20. The summed E-state index contributed by atoms with van der Waals surface area (Å²) in [6, 6.07) is 10.9. The number of morpholine rings is 1. The van der Waals surface area contributed by atoms with Crippen molar-refractivity contribution in [2.45, 2.75) is 13.5 Å². The van der Waals surface area contributed by atoms with Crippen LogP contribution in [0.4, 0.5) is 27.5 Å². The SMILES string of the molecule is CCNC(=O)c1cccc(Nc2ccc(CN=Nc3ncc(F)c(N4CCOCC4)n3)nc2)c1. The third-order valence-corrected chi connectivity index (χ3v) is 4.99. The van der Waals surface area contributed by atoms with E-state index in [1.54, 1.807) is 23.2 Å². The number of nitrogens with one attached hydrogen (secondary N) is 2. The minimum Gasteiger partial charge on any atom is -0.378 e. The van der Waals surface area contributed by atoms with E-state index in [0.717, 1.165) is 17.6 Å². The third-order valence-electron chi connectivity index (χ3n) is 4.99. The highest BCUT2D eigenvalue weighted by molar-refractivity contribution is 5.95. The van der Waals surface area contributed by atoms with Crippen LogP contribution in [-0.4, -0.2) is 53.7 Å². The zero-order valence-corrected chi connectivity index (χ0v) is 18.7. The Balaban J connectivity index is 1.35. The zero-order valence-electron chi connectivity index (χ0n) is 18.7. The maximum atomic E-state index is 14.1. The van der Waals surface area contributed by atoms with Gasteiger partial charge >= 0.3 is 0 Å². The molecule has 2 aromatic heterocycles. The second kappa shape index (κ2) is 11.2. The number of rotatable bonds is 8. The predicted molar refractivity (Wildman–Crippen MR) is 125 cm³/mol. The molecule has 2 N–H and O–H groups in total. The lowest BCUT2D eigenvalue weighted by Crippen LogP contribution is -2.37. The van der Waals surface area contributed by atoms with Crippen molar-refractivity contribution < 1.29 is 13.9 Å². The lowest BCUT2D eigenvalue weighted by Gasteiger charge is -2.27. The summed E-state index contributed by atoms with van der Waals surface area (Å²) in [5, 5.41) is 14.1. The van der Waals surface area contributed by atoms with Gasteiger partial charge in [0.1, 0.15) is 6.54 Å². The minimum absolute atomic E-state index is 0.0909. The van der Waals surface area contributed by atoms with Crippen molar-refractivity contribution >= 4 is 29.0 Å². The fourth-order valence-electron chi connectivity index (χ4n) is 3.32. The molecule has 1 aromatic carbocycles. The molecule has 3 aromatic rings. The van der Waals surface area contributed by atoms with Gasteiger partial charge in [-0.1, -0.05) is 6.07 Å². The summed E-state index contributed by atoms with van der Waals surface area (Å²) in [4.78, 5) is 26.3. The van der Waals surface area contributed by atoms with Gasteiger partial charge in [-0.2, -0.15) is 10.1 Å². The summed E-state index contributed by atoms with van der Waals surface area (Å²) in [6.45, 7) is 4.84. The van der Waals surface area contributed by atoms with Gasteiger partial charge in [0.05, 0.1) is 37.0 Å². The summed E-state index contributed by atoms with van der Waals surface area (Å²) in [5.74, 6) is -0.320. The number of carbonyl (C=O) groups is 1. The number of hydrogen-bond acceptors (Lipinski definition) is 9. The van der Waals surface area contributed by atoms with E-state index in [1.807, 2.05) is 31.2 Å². The first-order chi connectivity index (χ1) is 16.6. The normalized spacial score (nSPS) is 13.8. The van der Waals surface area contributed by atoms with E-state index < -0.39 is 5.82 Å². The fraction of sp³-hybridized carbons (Fsp3) is 0.304. The molecule has 3 heterocycles. The molecule has 0 atom stereocenters. The number of anilines is 3. The van der Waals surface area contributed by atoms with Gasteiger partial charge in [0.15, 0.2) is 11.6 Å². The predicted octanol–water partition coefficient (Wildman–Crippen LogP) is 3.62. The van der Waals surface area contributed by atoms with E-state index in [1.165, 1.54) is 0 Å². The molecule has 0 aliphatic carbocycles. The van der Waals surface area contributed by atoms with Crippen LogP contribution < -0.4 is 15.5 Å². The van der Waals surface area contributed by atoms with E-state index in [4.69, 9.17) is 4.74 Å². The van der Waals surface area contributed by atoms with E-state index in [-0.39, 0.29) is 24.2 Å². The minimum atomic E-state index is -0.498. The molecular formula is C23H25FN8O2. The number of ether oxygens (including phenoxy) is 1. The highest BCUT2D eigenvalue weighted by Gasteiger charge is 2.17. The Labute approximate surface area is 196 Å². The Morgan fingerprint density at radius 2 is 2.00 bits per heavy atom. The first-order valence-corrected chi connectivity index (χ1v) is 11.0. The topological polar surface area (TPSA) is 117 Å². The zero-order chi connectivity index (χ0) is 23.8. The summed E-state index contributed by atoms with van der Waals surface area (Å²) < 4.78 is 19.4. The Kier molecular flexibility index (Phi) is 7.66. The molecule has 0 saturated carbocycles. The number of carbonyl (C=O) groups excluding carboxylic acids is 1. The molecule has 0 radical (unpaired) electrons. The van der Waals surface area contributed by atoms with Crippen LogP contribution in [-0.2, 0) is 11.3 Å². The molecule has 176 valence electrons. The van der Waals surface area contributed by atoms with Crippen LogP contribution in [0.2, 0.25) is 0 Å². The van der Waals surface area contributed by atoms with Crippen LogP contribution in [0.1, 0.15) is 23.0 Å². The molecule has 1 fully saturated rings. The molecule has 34 heavy (non-hydrogen) atoms. The van der Waals surface area contributed by atoms with Crippen molar-refractivity contribution in [2.75, 3.05) is 43.1 Å². The van der Waals surface area contributed by atoms with Gasteiger partial charge in [-0.15, -0.1) is 5.11 Å². The molecule has 1 saturated heterocycles. The second-order valence-corrected chi connectivity index (χ2v) is 7.44. The van der Waals surface area contributed by atoms with Crippen LogP contribution in [0.15, 0.2) is 59.0 Å². The molecule has 11 heteroatoms. The van der Waals surface area contributed by atoms with Gasteiger partial charge in [-0.3, -0.25) is 9.78 Å². The van der Waals surface area contributed by atoms with Gasteiger partial charge < -0.3 is 20.3 Å². The third kappa shape index (κ3) is 6.07. The van der Waals surface area contributed by atoms with Crippen molar-refractivity contribution in [3.05, 3.63) is 65.9 Å². The largest absolute Gasteiger partial charge is 0.378 e. The number of nitrogens with zero attached hydrogens (tertiary/aromatic N) is 6. The molecule has 1 aliphatic heterocycles. The molecule has 4 rings (SSSR count). The van der Waals surface area contributed by atoms with Gasteiger partial charge in [0, 0.05) is 30.9 Å². The van der Waals surface area contributed by atoms with E-state index in [9.17, 15) is 9.18 Å². The number of pyridine rings is 1. The van der Waals surface area contributed by atoms with Crippen LogP contribution in [0, 0.1) is 5.82 Å². The van der Waals surface area contributed by atoms with E-state index in [0.29, 0.717) is 44.1 Å². The van der Waals surface area contributed by atoms with Crippen molar-refractivity contribution in [2.24, 2.45) is 10.2 Å². The van der Waals surface area contributed by atoms with Crippen molar-refractivity contribution in [3.63, 3.8) is 0 Å². The van der Waals surface area contributed by atoms with Gasteiger partial charge in [0.25, 0.3) is 11.9 Å². The number of aromatic nitrogens is 3. The number of azo groups is 1. The van der Waals surface area contributed by atoms with Crippen LogP contribution in [0.25, 0.3) is 0 Å². The second-order valence-electron chi connectivity index (χ2n) is 7.44. The molecule has 1 aliphatic rings. The maximum absolute atomic E-state index is 14.1. The maximum Gasteiger partial charge on any atom is 0.270 e. The average Bonchev–Trinajstić information content (AvgIpc) is 2.87. The quantitative estimate of drug-likeness (QED) is 0.489. The van der Waals surface area contributed by atoms with E-state index in [2.05, 4.69) is 35.8 Å². The first kappa shape index (κ1) is 23.2. The Morgan fingerprint density at radius 3 is 2.76 bits per heavy atom. The van der Waals surface area contributed by atoms with Crippen molar-refractivity contribution in [1.82, 2.24) is 20.3 Å². The summed E-state index contributed by atoms with van der Waals surface area (Å²) in [6.07, 6.45) is 2.78. The monoisotopic (exact) mass is 464 g/mol. The Hall–Kier alpha value is -3.99. The Bertz CT molecular complexity index is 1150. The standard InChI is InChI=1S/C23H25FN8O2/c1-2-25-22(33)16-4-3-5-17(12-16)29-19-7-6-18(26-13-19)14-28-31-23-27-15-20(24)21(30-23)32-8-10-34-11-9-32/h3-7,12-13,15,29H,2,8-11,14H2,1H3,(H,25,33). The van der Waals surface area contributed by atoms with Gasteiger partial charge in [0.2, 0.25) is 0 Å². The number of benzene rings is 1. The van der Waals surface area contributed by atoms with Crippen LogP contribution in [0.3, 0.4) is 0 Å². The molecular weight excluding hydrogens is 439 g/mol. The number of halogens is 1. The van der Waals surface area contributed by atoms with Gasteiger partial charge in [-0.25, -0.2) is 9.37 Å². The van der Waals surface area contributed by atoms with Crippen molar-refractivity contribution in [1.29, 1.82) is 0 Å². The Morgan fingerprint density at radius 1 is 1.15 bits per heavy atom. The highest BCUT2D eigenvalue weighted by atomic mass is 19.1. The lowest BCUT2D eigenvalue weighted by atomic mass is 10.2. The number of amides is 1. The molecule has 0 bridgehead atoms. The summed E-state index contributed by atoms with van der Waals surface area (Å²) in [7, 11) is 0. The fourth-order valence-corrected chi connectivity index (χ4v) is 3.32. The smallest absolute Gasteiger partial charge is 0.270 e. The first-order valence-electron chi connectivity index (χ1n) is 11.0. The molecule has 1 amide bonds. The van der Waals surface area contributed by atoms with Crippen LogP contribution in [0.5, 0.6) is 0 Å². The molecule has 10 nitrogen and oxygen atoms in total. The van der Waals surface area contributed by atoms with Crippen LogP contribution >= 0.6 is 0 Å². The number of hydrogen-bond donors (Lipinski definition) is 2. The van der Waals surface area contributed by atoms with Crippen molar-refractivity contribution in [3.8, 4) is 0 Å².